The number of anilines is 1. The molecule has 1 saturated heterocycles. The van der Waals surface area contributed by atoms with Gasteiger partial charge in [0.25, 0.3) is 0 Å². The maximum Gasteiger partial charge on any atom is 0.216 e. The molecule has 0 bridgehead atoms. The Balaban J connectivity index is 1.71. The molecule has 0 aromatic heterocycles. The van der Waals surface area contributed by atoms with Crippen molar-refractivity contribution in [1.82, 2.24) is 10.2 Å². The van der Waals surface area contributed by atoms with Crippen LogP contribution in [-0.4, -0.2) is 50.1 Å². The van der Waals surface area contributed by atoms with Crippen LogP contribution < -0.4 is 10.2 Å². The molecule has 1 aromatic rings. The van der Waals surface area contributed by atoms with Crippen LogP contribution in [0.2, 0.25) is 5.02 Å². The number of hydrogen-bond acceptors (Lipinski definition) is 3. The van der Waals surface area contributed by atoms with Crippen molar-refractivity contribution in [2.45, 2.75) is 13.3 Å². The Labute approximate surface area is 125 Å². The standard InChI is InChI=1S/C15H22ClN3O/c1-13(20)17-6-3-7-18-8-10-19(11-9-18)15-5-2-4-14(16)12-15/h2,4-5,12H,3,6-11H2,1H3,(H,17,20). The third-order valence-corrected chi connectivity index (χ3v) is 3.81. The van der Waals surface area contributed by atoms with Gasteiger partial charge in [-0.1, -0.05) is 17.7 Å². The summed E-state index contributed by atoms with van der Waals surface area (Å²) in [4.78, 5) is 15.6. The molecule has 1 aromatic carbocycles. The number of amides is 1. The molecule has 4 nitrogen and oxygen atoms in total. The highest BCUT2D eigenvalue weighted by Crippen LogP contribution is 2.20. The summed E-state index contributed by atoms with van der Waals surface area (Å²) < 4.78 is 0. The summed E-state index contributed by atoms with van der Waals surface area (Å²) >= 11 is 6.03. The number of nitrogens with one attached hydrogen (secondary N) is 1. The second-order valence-electron chi connectivity index (χ2n) is 5.15. The van der Waals surface area contributed by atoms with Gasteiger partial charge in [0, 0.05) is 50.4 Å². The quantitative estimate of drug-likeness (QED) is 0.844. The van der Waals surface area contributed by atoms with E-state index >= 15 is 0 Å². The average Bonchev–Trinajstić information content (AvgIpc) is 2.44. The first-order valence-electron chi connectivity index (χ1n) is 7.12. The van der Waals surface area contributed by atoms with Crippen molar-refractivity contribution < 1.29 is 4.79 Å². The lowest BCUT2D eigenvalue weighted by Crippen LogP contribution is -2.47. The Morgan fingerprint density at radius 1 is 1.30 bits per heavy atom. The van der Waals surface area contributed by atoms with Gasteiger partial charge in [-0.15, -0.1) is 0 Å². The van der Waals surface area contributed by atoms with Gasteiger partial charge in [-0.25, -0.2) is 0 Å². The molecule has 1 fully saturated rings. The van der Waals surface area contributed by atoms with E-state index in [2.05, 4.69) is 21.2 Å². The fraction of sp³-hybridized carbons (Fsp3) is 0.533. The lowest BCUT2D eigenvalue weighted by molar-refractivity contribution is -0.118. The van der Waals surface area contributed by atoms with Crippen LogP contribution in [0, 0.1) is 0 Å². The van der Waals surface area contributed by atoms with Gasteiger partial charge in [-0.05, 0) is 31.2 Å². The minimum Gasteiger partial charge on any atom is -0.369 e. The summed E-state index contributed by atoms with van der Waals surface area (Å²) in [5.41, 5.74) is 1.20. The van der Waals surface area contributed by atoms with Crippen molar-refractivity contribution in [3.63, 3.8) is 0 Å². The van der Waals surface area contributed by atoms with Crippen LogP contribution in [0.5, 0.6) is 0 Å². The Bertz CT molecular complexity index is 444. The predicted octanol–water partition coefficient (Wildman–Crippen LogP) is 1.99. The van der Waals surface area contributed by atoms with Gasteiger partial charge < -0.3 is 10.2 Å². The Hall–Kier alpha value is -1.26. The maximum atomic E-state index is 10.8. The SMILES string of the molecule is CC(=O)NCCCN1CCN(c2cccc(Cl)c2)CC1. The zero-order chi connectivity index (χ0) is 14.4. The van der Waals surface area contributed by atoms with E-state index in [1.165, 1.54) is 5.69 Å². The third kappa shape index (κ3) is 4.69. The van der Waals surface area contributed by atoms with Crippen molar-refractivity contribution in [3.05, 3.63) is 29.3 Å². The van der Waals surface area contributed by atoms with Crippen molar-refractivity contribution in [1.29, 1.82) is 0 Å². The molecule has 0 saturated carbocycles. The van der Waals surface area contributed by atoms with E-state index in [9.17, 15) is 4.79 Å². The number of carbonyl (C=O) groups is 1. The van der Waals surface area contributed by atoms with E-state index in [-0.39, 0.29) is 5.91 Å². The number of nitrogens with zero attached hydrogens (tertiary/aromatic N) is 2. The predicted molar refractivity (Wildman–Crippen MR) is 83.4 cm³/mol. The smallest absolute Gasteiger partial charge is 0.216 e. The highest BCUT2D eigenvalue weighted by molar-refractivity contribution is 6.30. The average molecular weight is 296 g/mol. The largest absolute Gasteiger partial charge is 0.369 e. The van der Waals surface area contributed by atoms with Gasteiger partial charge in [-0.3, -0.25) is 9.69 Å². The van der Waals surface area contributed by atoms with E-state index in [0.717, 1.165) is 50.7 Å². The third-order valence-electron chi connectivity index (χ3n) is 3.57. The van der Waals surface area contributed by atoms with Crippen molar-refractivity contribution in [2.24, 2.45) is 0 Å². The molecule has 1 aliphatic rings. The molecule has 0 unspecified atom stereocenters. The minimum absolute atomic E-state index is 0.0516. The van der Waals surface area contributed by atoms with Crippen LogP contribution in [0.3, 0.4) is 0 Å². The Morgan fingerprint density at radius 3 is 2.70 bits per heavy atom. The zero-order valence-corrected chi connectivity index (χ0v) is 12.7. The molecule has 0 aliphatic carbocycles. The molecule has 1 N–H and O–H groups in total. The van der Waals surface area contributed by atoms with Gasteiger partial charge in [0.1, 0.15) is 0 Å². The molecule has 110 valence electrons. The lowest BCUT2D eigenvalue weighted by atomic mass is 10.2. The van der Waals surface area contributed by atoms with Crippen LogP contribution in [0.1, 0.15) is 13.3 Å². The van der Waals surface area contributed by atoms with E-state index < -0.39 is 0 Å². The van der Waals surface area contributed by atoms with Gasteiger partial charge in [0.2, 0.25) is 5.91 Å². The van der Waals surface area contributed by atoms with E-state index in [1.807, 2.05) is 18.2 Å². The normalized spacial score (nSPS) is 16.2. The summed E-state index contributed by atoms with van der Waals surface area (Å²) in [6.45, 7) is 7.55. The number of carbonyl (C=O) groups excluding carboxylic acids is 1. The number of rotatable bonds is 5. The number of halogens is 1. The second kappa shape index (κ2) is 7.50. The van der Waals surface area contributed by atoms with E-state index in [0.29, 0.717) is 0 Å². The number of piperazine rings is 1. The van der Waals surface area contributed by atoms with Gasteiger partial charge in [0.05, 0.1) is 0 Å². The van der Waals surface area contributed by atoms with Gasteiger partial charge in [0.15, 0.2) is 0 Å². The van der Waals surface area contributed by atoms with Crippen LogP contribution in [0.15, 0.2) is 24.3 Å². The minimum atomic E-state index is 0.0516. The molecule has 2 rings (SSSR count). The zero-order valence-electron chi connectivity index (χ0n) is 11.9. The summed E-state index contributed by atoms with van der Waals surface area (Å²) in [5.74, 6) is 0.0516. The summed E-state index contributed by atoms with van der Waals surface area (Å²) in [5, 5.41) is 3.63. The van der Waals surface area contributed by atoms with E-state index in [4.69, 9.17) is 11.6 Å². The fourth-order valence-electron chi connectivity index (χ4n) is 2.47. The van der Waals surface area contributed by atoms with Crippen LogP contribution >= 0.6 is 11.6 Å². The summed E-state index contributed by atoms with van der Waals surface area (Å²) in [7, 11) is 0. The number of benzene rings is 1. The molecule has 0 spiro atoms. The highest BCUT2D eigenvalue weighted by atomic mass is 35.5. The molecule has 1 heterocycles. The van der Waals surface area contributed by atoms with Gasteiger partial charge >= 0.3 is 0 Å². The summed E-state index contributed by atoms with van der Waals surface area (Å²) in [6.07, 6.45) is 1.01. The molecule has 0 radical (unpaired) electrons. The van der Waals surface area contributed by atoms with Crippen molar-refractivity contribution in [3.8, 4) is 0 Å². The monoisotopic (exact) mass is 295 g/mol. The molecule has 20 heavy (non-hydrogen) atoms. The highest BCUT2D eigenvalue weighted by Gasteiger charge is 2.16. The number of hydrogen-bond donors (Lipinski definition) is 1. The lowest BCUT2D eigenvalue weighted by Gasteiger charge is -2.36. The first-order valence-corrected chi connectivity index (χ1v) is 7.50. The molecular formula is C15H22ClN3O. The molecular weight excluding hydrogens is 274 g/mol. The summed E-state index contributed by atoms with van der Waals surface area (Å²) in [6, 6.07) is 8.03. The van der Waals surface area contributed by atoms with E-state index in [1.54, 1.807) is 6.92 Å². The molecule has 5 heteroatoms. The van der Waals surface area contributed by atoms with Crippen LogP contribution in [0.4, 0.5) is 5.69 Å². The van der Waals surface area contributed by atoms with Crippen LogP contribution in [-0.2, 0) is 4.79 Å². The molecule has 1 aliphatic heterocycles. The van der Waals surface area contributed by atoms with Crippen LogP contribution in [0.25, 0.3) is 0 Å². The van der Waals surface area contributed by atoms with Crippen molar-refractivity contribution in [2.75, 3.05) is 44.2 Å². The van der Waals surface area contributed by atoms with Crippen molar-refractivity contribution >= 4 is 23.2 Å². The molecule has 1 amide bonds. The first kappa shape index (κ1) is 15.1. The first-order chi connectivity index (χ1) is 9.65. The Morgan fingerprint density at radius 2 is 2.05 bits per heavy atom. The fourth-order valence-corrected chi connectivity index (χ4v) is 2.65. The Kier molecular flexibility index (Phi) is 5.68. The topological polar surface area (TPSA) is 35.6 Å². The maximum absolute atomic E-state index is 10.8. The molecule has 0 atom stereocenters. The van der Waals surface area contributed by atoms with Gasteiger partial charge in [-0.2, -0.15) is 0 Å². The second-order valence-corrected chi connectivity index (χ2v) is 5.58.